The van der Waals surface area contributed by atoms with Crippen LogP contribution in [0.5, 0.6) is 0 Å². The van der Waals surface area contributed by atoms with Gasteiger partial charge in [-0.3, -0.25) is 9.88 Å². The third-order valence-electron chi connectivity index (χ3n) is 4.88. The topological polar surface area (TPSA) is 53.0 Å². The molecule has 1 unspecified atom stereocenters. The van der Waals surface area contributed by atoms with Crippen LogP contribution in [-0.2, 0) is 11.3 Å². The third-order valence-corrected chi connectivity index (χ3v) is 4.88. The molecule has 0 aromatic carbocycles. The van der Waals surface area contributed by atoms with E-state index in [9.17, 15) is 0 Å². The summed E-state index contributed by atoms with van der Waals surface area (Å²) in [5.41, 5.74) is 2.07. The molecule has 0 radical (unpaired) electrons. The molecule has 0 amide bonds. The number of halogens is 1. The lowest BCUT2D eigenvalue weighted by molar-refractivity contribution is 0.139. The molecule has 1 N–H and O–H groups in total. The number of hydrogen-bond acceptors (Lipinski definition) is 4. The van der Waals surface area contributed by atoms with E-state index < -0.39 is 0 Å². The Kier molecular flexibility index (Phi) is 9.07. The van der Waals surface area contributed by atoms with Crippen LogP contribution < -0.4 is 5.32 Å². The van der Waals surface area contributed by atoms with Crippen molar-refractivity contribution in [3.63, 3.8) is 0 Å². The smallest absolute Gasteiger partial charge is 0.194 e. The number of guanidine groups is 1. The van der Waals surface area contributed by atoms with Gasteiger partial charge in [-0.25, -0.2) is 4.99 Å². The van der Waals surface area contributed by atoms with Gasteiger partial charge in [-0.1, -0.05) is 6.07 Å². The van der Waals surface area contributed by atoms with E-state index in [2.05, 4.69) is 27.0 Å². The molecule has 1 atom stereocenters. The zero-order chi connectivity index (χ0) is 17.5. The van der Waals surface area contributed by atoms with Gasteiger partial charge in [0.05, 0.1) is 18.8 Å². The molecule has 3 rings (SSSR count). The van der Waals surface area contributed by atoms with Crippen molar-refractivity contribution in [2.75, 3.05) is 52.5 Å². The van der Waals surface area contributed by atoms with E-state index in [4.69, 9.17) is 9.73 Å². The molecule has 2 aliphatic heterocycles. The molecule has 146 valence electrons. The van der Waals surface area contributed by atoms with E-state index in [1.54, 1.807) is 0 Å². The molecule has 0 aliphatic carbocycles. The van der Waals surface area contributed by atoms with Crippen LogP contribution in [0.2, 0.25) is 0 Å². The highest BCUT2D eigenvalue weighted by Gasteiger charge is 2.23. The summed E-state index contributed by atoms with van der Waals surface area (Å²) < 4.78 is 5.50. The predicted octanol–water partition coefficient (Wildman–Crippen LogP) is 2.13. The van der Waals surface area contributed by atoms with Crippen molar-refractivity contribution >= 4 is 29.9 Å². The second-order valence-electron chi connectivity index (χ2n) is 6.96. The van der Waals surface area contributed by atoms with Crippen LogP contribution in [0.4, 0.5) is 0 Å². The first-order valence-electron chi connectivity index (χ1n) is 9.50. The van der Waals surface area contributed by atoms with Crippen molar-refractivity contribution in [3.8, 4) is 0 Å². The largest absolute Gasteiger partial charge is 0.381 e. The summed E-state index contributed by atoms with van der Waals surface area (Å²) in [7, 11) is 0. The Balaban J connectivity index is 0.00000243. The standard InChI is InChI=1S/C19H31N5O.HI/c1-3-20-19(21-13-18-6-4-5-16(2)22-18)24-10-8-23(9-11-24)14-17-7-12-25-15-17;/h4-6,17H,3,7-15H2,1-2H3,(H,20,21);1H. The minimum atomic E-state index is 0. The van der Waals surface area contributed by atoms with Crippen LogP contribution in [0.15, 0.2) is 23.2 Å². The number of pyridine rings is 1. The average Bonchev–Trinajstić information content (AvgIpc) is 3.12. The normalized spacial score (nSPS) is 21.5. The Bertz CT molecular complexity index is 569. The van der Waals surface area contributed by atoms with Crippen LogP contribution in [0.1, 0.15) is 24.7 Å². The van der Waals surface area contributed by atoms with E-state index in [-0.39, 0.29) is 24.0 Å². The summed E-state index contributed by atoms with van der Waals surface area (Å²) in [5.74, 6) is 1.73. The van der Waals surface area contributed by atoms with Gasteiger partial charge < -0.3 is 15.0 Å². The van der Waals surface area contributed by atoms with Gasteiger partial charge in [-0.15, -0.1) is 24.0 Å². The first-order chi connectivity index (χ1) is 12.2. The Hall–Kier alpha value is -0.930. The molecule has 1 aromatic heterocycles. The van der Waals surface area contributed by atoms with Crippen molar-refractivity contribution in [1.29, 1.82) is 0 Å². The molecule has 0 bridgehead atoms. The molecular weight excluding hydrogens is 441 g/mol. The Morgan fingerprint density at radius 3 is 2.77 bits per heavy atom. The molecule has 0 spiro atoms. The maximum absolute atomic E-state index is 5.50. The van der Waals surface area contributed by atoms with Gasteiger partial charge >= 0.3 is 0 Å². The number of piperazine rings is 1. The van der Waals surface area contributed by atoms with Crippen LogP contribution in [0, 0.1) is 12.8 Å². The maximum Gasteiger partial charge on any atom is 0.194 e. The molecule has 2 fully saturated rings. The van der Waals surface area contributed by atoms with Crippen LogP contribution in [0.3, 0.4) is 0 Å². The molecule has 1 aromatic rings. The highest BCUT2D eigenvalue weighted by Crippen LogP contribution is 2.15. The number of aryl methyl sites for hydroxylation is 1. The summed E-state index contributed by atoms with van der Waals surface area (Å²) >= 11 is 0. The monoisotopic (exact) mass is 473 g/mol. The van der Waals surface area contributed by atoms with Crippen molar-refractivity contribution in [3.05, 3.63) is 29.6 Å². The molecule has 26 heavy (non-hydrogen) atoms. The Morgan fingerprint density at radius 1 is 1.31 bits per heavy atom. The van der Waals surface area contributed by atoms with Crippen LogP contribution in [0.25, 0.3) is 0 Å². The fourth-order valence-electron chi connectivity index (χ4n) is 3.50. The first kappa shape index (κ1) is 21.4. The van der Waals surface area contributed by atoms with Gasteiger partial charge in [0.25, 0.3) is 0 Å². The third kappa shape index (κ3) is 6.35. The molecule has 6 nitrogen and oxygen atoms in total. The number of rotatable bonds is 5. The van der Waals surface area contributed by atoms with Gasteiger partial charge in [-0.05, 0) is 38.3 Å². The Labute approximate surface area is 174 Å². The van der Waals surface area contributed by atoms with Crippen molar-refractivity contribution in [2.45, 2.75) is 26.8 Å². The van der Waals surface area contributed by atoms with Gasteiger partial charge in [-0.2, -0.15) is 0 Å². The van der Waals surface area contributed by atoms with Gasteiger partial charge in [0.15, 0.2) is 5.96 Å². The molecule has 2 aliphatic rings. The maximum atomic E-state index is 5.50. The number of aromatic nitrogens is 1. The van der Waals surface area contributed by atoms with E-state index in [0.29, 0.717) is 6.54 Å². The second kappa shape index (κ2) is 11.0. The van der Waals surface area contributed by atoms with Gasteiger partial charge in [0, 0.05) is 51.6 Å². The van der Waals surface area contributed by atoms with Crippen molar-refractivity contribution < 1.29 is 4.74 Å². The quantitative estimate of drug-likeness (QED) is 0.404. The van der Waals surface area contributed by atoms with Gasteiger partial charge in [0.1, 0.15) is 0 Å². The lowest BCUT2D eigenvalue weighted by Crippen LogP contribution is -2.53. The average molecular weight is 473 g/mol. The van der Waals surface area contributed by atoms with Crippen molar-refractivity contribution in [2.24, 2.45) is 10.9 Å². The SMILES string of the molecule is CCNC(=NCc1cccc(C)n1)N1CCN(CC2CCOC2)CC1.I. The predicted molar refractivity (Wildman–Crippen MR) is 116 cm³/mol. The summed E-state index contributed by atoms with van der Waals surface area (Å²) in [4.78, 5) is 14.3. The molecular formula is C19H32IN5O. The highest BCUT2D eigenvalue weighted by atomic mass is 127. The highest BCUT2D eigenvalue weighted by molar-refractivity contribution is 14.0. The van der Waals surface area contributed by atoms with Crippen molar-refractivity contribution in [1.82, 2.24) is 20.1 Å². The number of ether oxygens (including phenoxy) is 1. The number of hydrogen-bond donors (Lipinski definition) is 1. The second-order valence-corrected chi connectivity index (χ2v) is 6.96. The summed E-state index contributed by atoms with van der Waals surface area (Å²) in [6, 6.07) is 6.11. The molecule has 0 saturated carbocycles. The van der Waals surface area contributed by atoms with Gasteiger partial charge in [0.2, 0.25) is 0 Å². The summed E-state index contributed by atoms with van der Waals surface area (Å²) in [6.45, 7) is 13.0. The lowest BCUT2D eigenvalue weighted by Gasteiger charge is -2.37. The van der Waals surface area contributed by atoms with Crippen LogP contribution in [-0.4, -0.2) is 73.2 Å². The fraction of sp³-hybridized carbons (Fsp3) is 0.684. The Morgan fingerprint density at radius 2 is 2.12 bits per heavy atom. The summed E-state index contributed by atoms with van der Waals surface area (Å²) in [6.07, 6.45) is 1.22. The van der Waals surface area contributed by atoms with E-state index in [0.717, 1.165) is 69.2 Å². The molecule has 7 heteroatoms. The zero-order valence-corrected chi connectivity index (χ0v) is 18.3. The minimum Gasteiger partial charge on any atom is -0.381 e. The number of aliphatic imine (C=N–C) groups is 1. The molecule has 3 heterocycles. The molecule has 2 saturated heterocycles. The lowest BCUT2D eigenvalue weighted by atomic mass is 10.1. The minimum absolute atomic E-state index is 0. The van der Waals surface area contributed by atoms with E-state index in [1.807, 2.05) is 25.1 Å². The zero-order valence-electron chi connectivity index (χ0n) is 16.0. The number of nitrogens with zero attached hydrogens (tertiary/aromatic N) is 4. The number of nitrogens with one attached hydrogen (secondary N) is 1. The van der Waals surface area contributed by atoms with Crippen LogP contribution >= 0.6 is 24.0 Å². The van der Waals surface area contributed by atoms with E-state index in [1.165, 1.54) is 13.0 Å². The van der Waals surface area contributed by atoms with E-state index >= 15 is 0 Å². The summed E-state index contributed by atoms with van der Waals surface area (Å²) in [5, 5.41) is 3.43. The fourth-order valence-corrected chi connectivity index (χ4v) is 3.50. The first-order valence-corrected chi connectivity index (χ1v) is 9.50.